The summed E-state index contributed by atoms with van der Waals surface area (Å²) in [4.78, 5) is 42.9. The van der Waals surface area contributed by atoms with Crippen molar-refractivity contribution in [1.82, 2.24) is 0 Å². The van der Waals surface area contributed by atoms with E-state index in [0.717, 1.165) is 16.0 Å². The Morgan fingerprint density at radius 1 is 0.900 bits per heavy atom. The van der Waals surface area contributed by atoms with E-state index in [1.807, 2.05) is 17.5 Å². The molecule has 1 amide bonds. The molecule has 8 heteroatoms. The number of carbonyl (C=O) groups is 3. The van der Waals surface area contributed by atoms with Gasteiger partial charge in [-0.2, -0.15) is 0 Å². The number of aromatic hydroxyl groups is 1. The van der Waals surface area contributed by atoms with Gasteiger partial charge in [-0.25, -0.2) is 0 Å². The van der Waals surface area contributed by atoms with Crippen molar-refractivity contribution in [2.75, 3.05) is 6.54 Å². The first-order valence-electron chi connectivity index (χ1n) is 12.9. The first-order valence-corrected chi connectivity index (χ1v) is 14.6. The van der Waals surface area contributed by atoms with Gasteiger partial charge in [0.1, 0.15) is 12.3 Å². The van der Waals surface area contributed by atoms with Crippen LogP contribution in [0.15, 0.2) is 71.0 Å². The molecule has 0 saturated carbocycles. The first kappa shape index (κ1) is 29.1. The summed E-state index contributed by atoms with van der Waals surface area (Å²) in [5.74, 6) is -0.556. The predicted molar refractivity (Wildman–Crippen MR) is 163 cm³/mol. The molecular formula is C32H32N2O4S2. The number of primary amides is 1. The van der Waals surface area contributed by atoms with Crippen molar-refractivity contribution in [3.05, 3.63) is 98.1 Å². The average molecular weight is 573 g/mol. The van der Waals surface area contributed by atoms with Gasteiger partial charge < -0.3 is 10.8 Å². The number of benzene rings is 2. The third-order valence-electron chi connectivity index (χ3n) is 6.66. The lowest BCUT2D eigenvalue weighted by molar-refractivity contribution is 0.0982. The molecule has 0 aliphatic heterocycles. The molecule has 0 atom stereocenters. The third kappa shape index (κ3) is 6.81. The fourth-order valence-corrected chi connectivity index (χ4v) is 6.06. The van der Waals surface area contributed by atoms with Crippen molar-refractivity contribution < 1.29 is 19.5 Å². The van der Waals surface area contributed by atoms with E-state index in [4.69, 9.17) is 5.73 Å². The lowest BCUT2D eigenvalue weighted by Gasteiger charge is -2.19. The summed E-state index contributed by atoms with van der Waals surface area (Å²) in [6.45, 7) is 8.19. The molecule has 40 heavy (non-hydrogen) atoms. The van der Waals surface area contributed by atoms with Crippen molar-refractivity contribution in [1.29, 1.82) is 0 Å². The highest BCUT2D eigenvalue weighted by Gasteiger charge is 2.18. The van der Waals surface area contributed by atoms with E-state index >= 15 is 0 Å². The summed E-state index contributed by atoms with van der Waals surface area (Å²) in [5, 5.41) is 12.7. The summed E-state index contributed by atoms with van der Waals surface area (Å²) >= 11 is 2.61. The Labute approximate surface area is 242 Å². The molecular weight excluding hydrogens is 540 g/mol. The molecule has 0 aliphatic rings. The van der Waals surface area contributed by atoms with Gasteiger partial charge in [0.25, 0.3) is 0 Å². The van der Waals surface area contributed by atoms with Gasteiger partial charge in [0.15, 0.2) is 11.6 Å². The molecule has 0 unspecified atom stereocenters. The molecule has 2 aromatic heterocycles. The van der Waals surface area contributed by atoms with Crippen molar-refractivity contribution in [3.63, 3.8) is 0 Å². The van der Waals surface area contributed by atoms with E-state index in [1.165, 1.54) is 28.2 Å². The Hall–Kier alpha value is -3.88. The normalized spacial score (nSPS) is 11.9. The molecule has 0 bridgehead atoms. The highest BCUT2D eigenvalue weighted by molar-refractivity contribution is 7.16. The molecule has 3 N–H and O–H groups in total. The maximum atomic E-state index is 12.8. The van der Waals surface area contributed by atoms with Crippen LogP contribution in [0, 0.1) is 0 Å². The van der Waals surface area contributed by atoms with Gasteiger partial charge in [-0.3, -0.25) is 19.4 Å². The zero-order valence-corrected chi connectivity index (χ0v) is 24.6. The topological polar surface area (TPSA) is 110 Å². The Morgan fingerprint density at radius 3 is 2.12 bits per heavy atom. The average Bonchev–Trinajstić information content (AvgIpc) is 3.57. The van der Waals surface area contributed by atoms with Crippen LogP contribution in [0.2, 0.25) is 0 Å². The monoisotopic (exact) mass is 572 g/mol. The van der Waals surface area contributed by atoms with Crippen molar-refractivity contribution >= 4 is 45.9 Å². The molecule has 0 radical (unpaired) electrons. The number of carbonyl (C=O) groups excluding carboxylic acids is 3. The quantitative estimate of drug-likeness (QED) is 0.156. The molecule has 0 fully saturated rings. The number of aryl methyl sites for hydroxylation is 1. The fraction of sp³-hybridized carbons (Fsp3) is 0.250. The highest BCUT2D eigenvalue weighted by atomic mass is 32.1. The summed E-state index contributed by atoms with van der Waals surface area (Å²) in [6.07, 6.45) is 0.815. The van der Waals surface area contributed by atoms with Crippen LogP contribution >= 0.6 is 22.7 Å². The number of nitrogens with zero attached hydrogens (tertiary/aromatic N) is 1. The summed E-state index contributed by atoms with van der Waals surface area (Å²) < 4.78 is 0. The second kappa shape index (κ2) is 12.1. The van der Waals surface area contributed by atoms with Gasteiger partial charge >= 0.3 is 0 Å². The number of amides is 1. The molecule has 6 nitrogen and oxygen atoms in total. The molecule has 206 valence electrons. The lowest BCUT2D eigenvalue weighted by Crippen LogP contribution is -2.10. The minimum Gasteiger partial charge on any atom is -0.506 e. The molecule has 0 spiro atoms. The van der Waals surface area contributed by atoms with Crippen LogP contribution in [0.3, 0.4) is 0 Å². The van der Waals surface area contributed by atoms with Crippen LogP contribution in [-0.2, 0) is 11.8 Å². The van der Waals surface area contributed by atoms with Gasteiger partial charge in [-0.05, 0) is 59.7 Å². The minimum absolute atomic E-state index is 0.0473. The number of aliphatic imine (C=N–C) groups is 1. The fourth-order valence-electron chi connectivity index (χ4n) is 4.14. The van der Waals surface area contributed by atoms with Crippen LogP contribution < -0.4 is 5.73 Å². The highest BCUT2D eigenvalue weighted by Crippen LogP contribution is 2.39. The van der Waals surface area contributed by atoms with E-state index in [0.29, 0.717) is 39.4 Å². The Balaban J connectivity index is 1.36. The first-order chi connectivity index (χ1) is 18.9. The Bertz CT molecular complexity index is 1570. The zero-order valence-electron chi connectivity index (χ0n) is 23.0. The van der Waals surface area contributed by atoms with Gasteiger partial charge in [0.2, 0.25) is 5.91 Å². The number of nitrogens with two attached hydrogens (primary N) is 1. The van der Waals surface area contributed by atoms with Crippen molar-refractivity contribution in [2.45, 2.75) is 46.0 Å². The van der Waals surface area contributed by atoms with E-state index in [9.17, 15) is 19.5 Å². The van der Waals surface area contributed by atoms with E-state index in [-0.39, 0.29) is 29.3 Å². The van der Waals surface area contributed by atoms with Crippen molar-refractivity contribution in [2.24, 2.45) is 10.7 Å². The SMILES string of the molecule is CC(=NCC(=O)c1ccc(C(=O)CCc2ccc(C(N)=O)cc2)s1)c1csc(-c2ccc(C(C)(C)C)cc2)c1O. The predicted octanol–water partition coefficient (Wildman–Crippen LogP) is 7.09. The van der Waals surface area contributed by atoms with Crippen LogP contribution in [0.4, 0.5) is 0 Å². The van der Waals surface area contributed by atoms with E-state index in [1.54, 1.807) is 43.3 Å². The molecule has 0 aliphatic carbocycles. The Kier molecular flexibility index (Phi) is 8.81. The minimum atomic E-state index is -0.489. The standard InChI is InChI=1S/C32H32N2O4S2/c1-19(24-18-39-30(29(24)37)21-10-12-23(13-11-21)32(2,3)4)34-17-26(36)28-16-15-27(40-28)25(35)14-7-20-5-8-22(9-6-20)31(33)38/h5-6,8-13,15-16,18,37H,7,14,17H2,1-4H3,(H2,33,38). The molecule has 4 rings (SSSR count). The molecule has 4 aromatic rings. The smallest absolute Gasteiger partial charge is 0.248 e. The maximum absolute atomic E-state index is 12.8. The number of hydrogen-bond acceptors (Lipinski definition) is 7. The maximum Gasteiger partial charge on any atom is 0.248 e. The second-order valence-corrected chi connectivity index (χ2v) is 12.6. The van der Waals surface area contributed by atoms with Crippen LogP contribution in [0.25, 0.3) is 10.4 Å². The molecule has 0 saturated heterocycles. The lowest BCUT2D eigenvalue weighted by atomic mass is 9.86. The van der Waals surface area contributed by atoms with Crippen LogP contribution in [-0.4, -0.2) is 34.8 Å². The van der Waals surface area contributed by atoms with E-state index in [2.05, 4.69) is 37.9 Å². The third-order valence-corrected chi connectivity index (χ3v) is 8.85. The number of ketones is 2. The van der Waals surface area contributed by atoms with E-state index < -0.39 is 5.91 Å². The van der Waals surface area contributed by atoms with Crippen LogP contribution in [0.5, 0.6) is 5.75 Å². The van der Waals surface area contributed by atoms with Gasteiger partial charge in [0, 0.05) is 28.6 Å². The number of thiophene rings is 2. The summed E-state index contributed by atoms with van der Waals surface area (Å²) in [7, 11) is 0. The van der Waals surface area contributed by atoms with Gasteiger partial charge in [0.05, 0.1) is 14.6 Å². The van der Waals surface area contributed by atoms with Crippen LogP contribution in [0.1, 0.15) is 80.5 Å². The zero-order chi connectivity index (χ0) is 29.0. The molecule has 2 aromatic carbocycles. The second-order valence-electron chi connectivity index (χ2n) is 10.6. The van der Waals surface area contributed by atoms with Crippen molar-refractivity contribution in [3.8, 4) is 16.2 Å². The number of rotatable bonds is 10. The number of hydrogen-bond donors (Lipinski definition) is 2. The van der Waals surface area contributed by atoms with Gasteiger partial charge in [-0.15, -0.1) is 22.7 Å². The number of Topliss-reactive ketones (excluding diaryl/α,β-unsaturated/α-hetero) is 2. The Morgan fingerprint density at radius 2 is 1.52 bits per heavy atom. The molecule has 2 heterocycles. The van der Waals surface area contributed by atoms with Gasteiger partial charge in [-0.1, -0.05) is 57.2 Å². The summed E-state index contributed by atoms with van der Waals surface area (Å²) in [5.41, 5.74) is 10.0. The summed E-state index contributed by atoms with van der Waals surface area (Å²) in [6, 6.07) is 18.4. The largest absolute Gasteiger partial charge is 0.506 e.